The zero-order valence-electron chi connectivity index (χ0n) is 4.88. The van der Waals surface area contributed by atoms with E-state index < -0.39 is 12.0 Å². The predicted octanol–water partition coefficient (Wildman–Crippen LogP) is -0.934. The summed E-state index contributed by atoms with van der Waals surface area (Å²) in [4.78, 5) is 21.2. The zero-order chi connectivity index (χ0) is 7.14. The number of hydrogen-bond donors (Lipinski definition) is 2. The summed E-state index contributed by atoms with van der Waals surface area (Å²) in [5.74, 6) is -0.437. The molecule has 0 aromatic rings. The van der Waals surface area contributed by atoms with E-state index in [9.17, 15) is 9.59 Å². The smallest absolute Gasteiger partial charge is 0.339 e. The van der Waals surface area contributed by atoms with Gasteiger partial charge in [0.05, 0.1) is 5.70 Å². The summed E-state index contributed by atoms with van der Waals surface area (Å²) in [5, 5.41) is 4.78. The van der Waals surface area contributed by atoms with E-state index in [2.05, 4.69) is 15.4 Å². The Morgan fingerprint density at radius 2 is 2.30 bits per heavy atom. The largest absolute Gasteiger partial charge is 0.431 e. The minimum absolute atomic E-state index is 0.354. The Morgan fingerprint density at radius 1 is 1.50 bits per heavy atom. The summed E-state index contributed by atoms with van der Waals surface area (Å²) in [6, 6.07) is -0.944. The first-order chi connectivity index (χ1) is 4.77. The van der Waals surface area contributed by atoms with Crippen molar-refractivity contribution in [1.82, 2.24) is 10.6 Å². The molecule has 0 aromatic heterocycles. The summed E-state index contributed by atoms with van der Waals surface area (Å²) in [6.45, 7) is 0. The number of amides is 2. The Bertz CT molecular complexity index is 245. The van der Waals surface area contributed by atoms with Crippen LogP contribution in [-0.4, -0.2) is 18.0 Å². The first kappa shape index (κ1) is 5.28. The second-order valence-electron chi connectivity index (χ2n) is 2.04. The Kier molecular flexibility index (Phi) is 0.791. The highest BCUT2D eigenvalue weighted by Crippen LogP contribution is 2.13. The number of fused-ring (bicyclic) bond motifs is 1. The fourth-order valence-corrected chi connectivity index (χ4v) is 0.921. The molecule has 2 heterocycles. The quantitative estimate of drug-likeness (QED) is 0.427. The highest BCUT2D eigenvalue weighted by Gasteiger charge is 2.37. The third-order valence-corrected chi connectivity index (χ3v) is 1.38. The van der Waals surface area contributed by atoms with Crippen molar-refractivity contribution in [1.29, 1.82) is 0 Å². The number of nitrogens with one attached hydrogen (secondary N) is 2. The van der Waals surface area contributed by atoms with Gasteiger partial charge in [-0.05, 0) is 0 Å². The highest BCUT2D eigenvalue weighted by atomic mass is 16.5. The van der Waals surface area contributed by atoms with Crippen LogP contribution >= 0.6 is 0 Å². The monoisotopic (exact) mass is 140 g/mol. The molecule has 1 saturated heterocycles. The van der Waals surface area contributed by atoms with E-state index in [-0.39, 0.29) is 6.03 Å². The second-order valence-corrected chi connectivity index (χ2v) is 2.04. The molecule has 5 nitrogen and oxygen atoms in total. The molecule has 1 atom stereocenters. The molecule has 0 saturated carbocycles. The highest BCUT2D eigenvalue weighted by molar-refractivity contribution is 5.94. The summed E-state index contributed by atoms with van der Waals surface area (Å²) >= 11 is 0. The van der Waals surface area contributed by atoms with E-state index in [1.54, 1.807) is 0 Å². The first-order valence-electron chi connectivity index (χ1n) is 2.75. The maximum absolute atomic E-state index is 10.7. The van der Waals surface area contributed by atoms with Crippen molar-refractivity contribution in [3.8, 4) is 0 Å². The molecule has 5 heteroatoms. The van der Waals surface area contributed by atoms with Gasteiger partial charge < -0.3 is 15.4 Å². The second kappa shape index (κ2) is 1.50. The van der Waals surface area contributed by atoms with Gasteiger partial charge in [0.2, 0.25) is 0 Å². The molecule has 0 spiro atoms. The van der Waals surface area contributed by atoms with E-state index in [1.807, 2.05) is 0 Å². The number of esters is 1. The van der Waals surface area contributed by atoms with Crippen molar-refractivity contribution >= 4 is 12.0 Å². The molecule has 0 bridgehead atoms. The van der Waals surface area contributed by atoms with Crippen LogP contribution in [-0.2, 0) is 9.53 Å². The molecule has 2 aliphatic heterocycles. The molecule has 1 unspecified atom stereocenters. The zero-order valence-corrected chi connectivity index (χ0v) is 4.88. The Balaban J connectivity index is 2.31. The van der Waals surface area contributed by atoms with Crippen LogP contribution < -0.4 is 10.6 Å². The maximum atomic E-state index is 10.7. The number of urea groups is 1. The molecular weight excluding hydrogens is 136 g/mol. The fourth-order valence-electron chi connectivity index (χ4n) is 0.921. The van der Waals surface area contributed by atoms with Crippen molar-refractivity contribution in [3.63, 3.8) is 0 Å². The fraction of sp³-hybridized carbons (Fsp3) is 0.200. The lowest BCUT2D eigenvalue weighted by molar-refractivity contribution is -0.136. The molecule has 0 radical (unpaired) electrons. The Labute approximate surface area is 56.0 Å². The Hall–Kier alpha value is -1.52. The Morgan fingerprint density at radius 3 is 3.00 bits per heavy atom. The van der Waals surface area contributed by atoms with Crippen LogP contribution in [0.4, 0.5) is 4.79 Å². The molecular formula is C5H4N2O3. The lowest BCUT2D eigenvalue weighted by Gasteiger charge is -1.96. The van der Waals surface area contributed by atoms with Gasteiger partial charge in [0, 0.05) is 0 Å². The average molecular weight is 140 g/mol. The molecule has 2 aliphatic rings. The number of ether oxygens (including phenoxy) is 1. The van der Waals surface area contributed by atoms with Gasteiger partial charge in [-0.1, -0.05) is 0 Å². The van der Waals surface area contributed by atoms with Crippen molar-refractivity contribution in [3.05, 3.63) is 12.0 Å². The topological polar surface area (TPSA) is 67.4 Å². The van der Waals surface area contributed by atoms with Gasteiger partial charge in [-0.3, -0.25) is 0 Å². The normalized spacial score (nSPS) is 28.4. The lowest BCUT2D eigenvalue weighted by Crippen LogP contribution is -2.31. The molecule has 2 rings (SSSR count). The van der Waals surface area contributed by atoms with Gasteiger partial charge in [-0.15, -0.1) is 0 Å². The van der Waals surface area contributed by atoms with Gasteiger partial charge >= 0.3 is 12.0 Å². The van der Waals surface area contributed by atoms with Crippen molar-refractivity contribution < 1.29 is 14.3 Å². The van der Waals surface area contributed by atoms with E-state index in [4.69, 9.17) is 0 Å². The van der Waals surface area contributed by atoms with Crippen molar-refractivity contribution in [2.45, 2.75) is 6.04 Å². The van der Waals surface area contributed by atoms with Crippen LogP contribution in [0.2, 0.25) is 0 Å². The molecule has 52 valence electrons. The average Bonchev–Trinajstić information content (AvgIpc) is 2.35. The molecule has 10 heavy (non-hydrogen) atoms. The van der Waals surface area contributed by atoms with E-state index >= 15 is 0 Å². The number of rotatable bonds is 0. The number of carbonyl (C=O) groups is 2. The van der Waals surface area contributed by atoms with Crippen LogP contribution in [0.5, 0.6) is 0 Å². The minimum atomic E-state index is -0.590. The summed E-state index contributed by atoms with van der Waals surface area (Å²) < 4.78 is 4.49. The maximum Gasteiger partial charge on any atom is 0.339 e. The first-order valence-corrected chi connectivity index (χ1v) is 2.75. The van der Waals surface area contributed by atoms with E-state index in [1.165, 1.54) is 6.26 Å². The van der Waals surface area contributed by atoms with Crippen LogP contribution in [0.3, 0.4) is 0 Å². The molecule has 2 amide bonds. The predicted molar refractivity (Wildman–Crippen MR) is 29.6 cm³/mol. The summed E-state index contributed by atoms with van der Waals surface area (Å²) in [6.07, 6.45) is 1.24. The minimum Gasteiger partial charge on any atom is -0.431 e. The van der Waals surface area contributed by atoms with Gasteiger partial charge in [-0.2, -0.15) is 0 Å². The van der Waals surface area contributed by atoms with Crippen LogP contribution in [0.15, 0.2) is 12.0 Å². The van der Waals surface area contributed by atoms with Gasteiger partial charge in [0.15, 0.2) is 6.04 Å². The van der Waals surface area contributed by atoms with Crippen molar-refractivity contribution in [2.24, 2.45) is 0 Å². The van der Waals surface area contributed by atoms with Gasteiger partial charge in [0.25, 0.3) is 0 Å². The molecule has 1 fully saturated rings. The van der Waals surface area contributed by atoms with Gasteiger partial charge in [0.1, 0.15) is 6.26 Å². The van der Waals surface area contributed by atoms with E-state index in [0.717, 1.165) is 0 Å². The molecule has 2 N–H and O–H groups in total. The van der Waals surface area contributed by atoms with Gasteiger partial charge in [-0.25, -0.2) is 9.59 Å². The third kappa shape index (κ3) is 0.513. The molecule has 0 aromatic carbocycles. The van der Waals surface area contributed by atoms with Crippen LogP contribution in [0.25, 0.3) is 0 Å². The third-order valence-electron chi connectivity index (χ3n) is 1.38. The van der Waals surface area contributed by atoms with Crippen LogP contribution in [0.1, 0.15) is 0 Å². The standard InChI is InChI=1S/C5H4N2O3/c8-4-3-2(1-10-4)6-5(9)7-3/h1,3H,(H2,6,7,9). The SMILES string of the molecule is O=C1NC2=COC(=O)C2N1. The molecule has 0 aliphatic carbocycles. The van der Waals surface area contributed by atoms with E-state index in [0.29, 0.717) is 5.70 Å². The van der Waals surface area contributed by atoms with Crippen LogP contribution in [0, 0.1) is 0 Å². The number of carbonyl (C=O) groups excluding carboxylic acids is 2. The lowest BCUT2D eigenvalue weighted by atomic mass is 10.3. The summed E-state index contributed by atoms with van der Waals surface area (Å²) in [5.41, 5.74) is 0.495. The summed E-state index contributed by atoms with van der Waals surface area (Å²) in [7, 11) is 0. The van der Waals surface area contributed by atoms with Crippen molar-refractivity contribution in [2.75, 3.05) is 0 Å². The number of hydrogen-bond acceptors (Lipinski definition) is 3. The number of cyclic esters (lactones) is 1.